The van der Waals surface area contributed by atoms with E-state index in [4.69, 9.17) is 0 Å². The van der Waals surface area contributed by atoms with Gasteiger partial charge in [0, 0.05) is 5.41 Å². The zero-order valence-corrected chi connectivity index (χ0v) is 11.0. The Balaban J connectivity index is 4.26. The fraction of sp³-hybridized carbons (Fsp3) is 0.786. The standard InChI is InChI=1S/C14H26O/c1-6-8-12(9-7-2)10-11-13(15)14(3,4)5/h10-12H,6-9H2,1-5H3/b11-10-. The highest BCUT2D eigenvalue weighted by molar-refractivity contribution is 5.93. The first-order valence-electron chi connectivity index (χ1n) is 6.14. The van der Waals surface area contributed by atoms with Gasteiger partial charge in [-0.2, -0.15) is 0 Å². The summed E-state index contributed by atoms with van der Waals surface area (Å²) in [4.78, 5) is 11.7. The van der Waals surface area contributed by atoms with Crippen molar-refractivity contribution in [1.82, 2.24) is 0 Å². The third kappa shape index (κ3) is 6.48. The number of hydrogen-bond acceptors (Lipinski definition) is 1. The number of rotatable bonds is 6. The molecule has 0 rings (SSSR count). The van der Waals surface area contributed by atoms with E-state index >= 15 is 0 Å². The summed E-state index contributed by atoms with van der Waals surface area (Å²) in [5.74, 6) is 0.825. The lowest BCUT2D eigenvalue weighted by atomic mass is 9.89. The minimum absolute atomic E-state index is 0.236. The van der Waals surface area contributed by atoms with Crippen molar-refractivity contribution >= 4 is 5.78 Å². The first kappa shape index (κ1) is 14.4. The van der Waals surface area contributed by atoms with E-state index in [0.717, 1.165) is 0 Å². The maximum absolute atomic E-state index is 11.7. The minimum atomic E-state index is -0.237. The van der Waals surface area contributed by atoms with Crippen molar-refractivity contribution in [3.8, 4) is 0 Å². The summed E-state index contributed by atoms with van der Waals surface area (Å²) >= 11 is 0. The molecule has 1 nitrogen and oxygen atoms in total. The van der Waals surface area contributed by atoms with Crippen molar-refractivity contribution in [1.29, 1.82) is 0 Å². The quantitative estimate of drug-likeness (QED) is 0.595. The highest BCUT2D eigenvalue weighted by Gasteiger charge is 2.18. The fourth-order valence-electron chi connectivity index (χ4n) is 1.55. The molecule has 0 N–H and O–H groups in total. The van der Waals surface area contributed by atoms with E-state index in [0.29, 0.717) is 5.92 Å². The number of carbonyl (C=O) groups is 1. The van der Waals surface area contributed by atoms with Crippen molar-refractivity contribution in [2.75, 3.05) is 0 Å². The predicted molar refractivity (Wildman–Crippen MR) is 66.9 cm³/mol. The average molecular weight is 210 g/mol. The fourth-order valence-corrected chi connectivity index (χ4v) is 1.55. The average Bonchev–Trinajstić information content (AvgIpc) is 2.12. The van der Waals surface area contributed by atoms with Gasteiger partial charge in [0.15, 0.2) is 5.78 Å². The second kappa shape index (κ2) is 6.81. The summed E-state index contributed by atoms with van der Waals surface area (Å²) < 4.78 is 0. The SMILES string of the molecule is CCCC(/C=C\C(=O)C(C)(C)C)CCC. The molecule has 0 aliphatic heterocycles. The monoisotopic (exact) mass is 210 g/mol. The Morgan fingerprint density at radius 1 is 1.13 bits per heavy atom. The Morgan fingerprint density at radius 3 is 1.93 bits per heavy atom. The van der Waals surface area contributed by atoms with Gasteiger partial charge in [-0.1, -0.05) is 53.5 Å². The third-order valence-electron chi connectivity index (χ3n) is 2.58. The van der Waals surface area contributed by atoms with Crippen LogP contribution >= 0.6 is 0 Å². The van der Waals surface area contributed by atoms with Gasteiger partial charge >= 0.3 is 0 Å². The molecule has 0 radical (unpaired) electrons. The number of carbonyl (C=O) groups excluding carboxylic acids is 1. The Labute approximate surface area is 95.0 Å². The first-order valence-corrected chi connectivity index (χ1v) is 6.14. The lowest BCUT2D eigenvalue weighted by molar-refractivity contribution is -0.121. The van der Waals surface area contributed by atoms with E-state index in [-0.39, 0.29) is 11.2 Å². The van der Waals surface area contributed by atoms with E-state index in [9.17, 15) is 4.79 Å². The van der Waals surface area contributed by atoms with E-state index < -0.39 is 0 Å². The molecule has 0 atom stereocenters. The normalized spacial score (nSPS) is 12.7. The maximum Gasteiger partial charge on any atom is 0.160 e. The lowest BCUT2D eigenvalue weighted by Crippen LogP contribution is -2.17. The molecule has 0 heterocycles. The van der Waals surface area contributed by atoms with Crippen LogP contribution in [0.1, 0.15) is 60.3 Å². The molecule has 0 saturated carbocycles. The van der Waals surface area contributed by atoms with Gasteiger partial charge < -0.3 is 0 Å². The summed E-state index contributed by atoms with van der Waals surface area (Å²) in [5, 5.41) is 0. The van der Waals surface area contributed by atoms with Gasteiger partial charge in [0.25, 0.3) is 0 Å². The molecule has 15 heavy (non-hydrogen) atoms. The largest absolute Gasteiger partial charge is 0.294 e. The molecule has 0 spiro atoms. The highest BCUT2D eigenvalue weighted by Crippen LogP contribution is 2.18. The molecule has 0 fully saturated rings. The van der Waals surface area contributed by atoms with Crippen LogP contribution in [-0.2, 0) is 4.79 Å². The summed E-state index contributed by atoms with van der Waals surface area (Å²) in [7, 11) is 0. The predicted octanol–water partition coefficient (Wildman–Crippen LogP) is 4.37. The molecular weight excluding hydrogens is 184 g/mol. The van der Waals surface area contributed by atoms with Gasteiger partial charge in [0.2, 0.25) is 0 Å². The first-order chi connectivity index (χ1) is 6.91. The third-order valence-corrected chi connectivity index (χ3v) is 2.58. The summed E-state index contributed by atoms with van der Waals surface area (Å²) in [6.07, 6.45) is 8.68. The molecule has 88 valence electrons. The second-order valence-corrected chi connectivity index (χ2v) is 5.31. The summed E-state index contributed by atoms with van der Waals surface area (Å²) in [5.41, 5.74) is -0.237. The van der Waals surface area contributed by atoms with Crippen LogP contribution in [0, 0.1) is 11.3 Å². The van der Waals surface area contributed by atoms with E-state index in [2.05, 4.69) is 19.9 Å². The van der Waals surface area contributed by atoms with Gasteiger partial charge in [-0.05, 0) is 24.8 Å². The molecule has 0 aliphatic carbocycles. The summed E-state index contributed by atoms with van der Waals surface area (Å²) in [6.45, 7) is 10.3. The van der Waals surface area contributed by atoms with Gasteiger partial charge in [0.05, 0.1) is 0 Å². The van der Waals surface area contributed by atoms with Gasteiger partial charge in [-0.25, -0.2) is 0 Å². The van der Waals surface area contributed by atoms with Crippen LogP contribution in [0.2, 0.25) is 0 Å². The zero-order chi connectivity index (χ0) is 11.9. The smallest absolute Gasteiger partial charge is 0.160 e. The highest BCUT2D eigenvalue weighted by atomic mass is 16.1. The number of allylic oxidation sites excluding steroid dienone is 2. The van der Waals surface area contributed by atoms with Crippen LogP contribution in [0.4, 0.5) is 0 Å². The molecule has 0 aromatic heterocycles. The van der Waals surface area contributed by atoms with Gasteiger partial charge in [-0.15, -0.1) is 0 Å². The van der Waals surface area contributed by atoms with Crippen molar-refractivity contribution < 1.29 is 4.79 Å². The molecule has 0 aromatic rings. The molecule has 0 aliphatic rings. The topological polar surface area (TPSA) is 17.1 Å². The second-order valence-electron chi connectivity index (χ2n) is 5.31. The summed E-state index contributed by atoms with van der Waals surface area (Å²) in [6, 6.07) is 0. The van der Waals surface area contributed by atoms with E-state index in [1.807, 2.05) is 20.8 Å². The Morgan fingerprint density at radius 2 is 1.60 bits per heavy atom. The zero-order valence-electron chi connectivity index (χ0n) is 11.0. The number of ketones is 1. The number of hydrogen-bond donors (Lipinski definition) is 0. The van der Waals surface area contributed by atoms with E-state index in [1.54, 1.807) is 6.08 Å². The molecule has 0 bridgehead atoms. The van der Waals surface area contributed by atoms with Crippen LogP contribution in [0.3, 0.4) is 0 Å². The van der Waals surface area contributed by atoms with Gasteiger partial charge in [-0.3, -0.25) is 4.79 Å². The van der Waals surface area contributed by atoms with Gasteiger partial charge in [0.1, 0.15) is 0 Å². The molecule has 1 heteroatoms. The van der Waals surface area contributed by atoms with Crippen LogP contribution in [-0.4, -0.2) is 5.78 Å². The maximum atomic E-state index is 11.7. The van der Waals surface area contributed by atoms with Crippen LogP contribution in [0.25, 0.3) is 0 Å². The van der Waals surface area contributed by atoms with Crippen molar-refractivity contribution in [3.63, 3.8) is 0 Å². The molecule has 0 saturated heterocycles. The minimum Gasteiger partial charge on any atom is -0.294 e. The lowest BCUT2D eigenvalue weighted by Gasteiger charge is -2.14. The molecule has 0 unspecified atom stereocenters. The van der Waals surface area contributed by atoms with E-state index in [1.165, 1.54) is 25.7 Å². The molecule has 0 aromatic carbocycles. The van der Waals surface area contributed by atoms with Crippen molar-refractivity contribution in [3.05, 3.63) is 12.2 Å². The van der Waals surface area contributed by atoms with Crippen LogP contribution in [0.5, 0.6) is 0 Å². The van der Waals surface area contributed by atoms with Crippen molar-refractivity contribution in [2.24, 2.45) is 11.3 Å². The Kier molecular flexibility index (Phi) is 6.55. The van der Waals surface area contributed by atoms with Crippen molar-refractivity contribution in [2.45, 2.75) is 60.3 Å². The Bertz CT molecular complexity index is 202. The molecular formula is C14H26O. The van der Waals surface area contributed by atoms with Crippen LogP contribution < -0.4 is 0 Å². The molecule has 0 amide bonds. The Hall–Kier alpha value is -0.590. The van der Waals surface area contributed by atoms with Crippen LogP contribution in [0.15, 0.2) is 12.2 Å².